The third-order valence-corrected chi connectivity index (χ3v) is 6.76. The van der Waals surface area contributed by atoms with Gasteiger partial charge in [0.1, 0.15) is 5.75 Å². The van der Waals surface area contributed by atoms with E-state index in [2.05, 4.69) is 0 Å². The molecule has 8 heteroatoms. The lowest BCUT2D eigenvalue weighted by atomic mass is 9.96. The molecule has 0 saturated heterocycles. The number of phenolic OH excluding ortho intramolecular Hbond substituents is 1. The fourth-order valence-electron chi connectivity index (χ4n) is 3.53. The molecule has 0 atom stereocenters. The molecule has 5 nitrogen and oxygen atoms in total. The normalized spacial score (nSPS) is 15.3. The van der Waals surface area contributed by atoms with Crippen LogP contribution in [0.3, 0.4) is 0 Å². The summed E-state index contributed by atoms with van der Waals surface area (Å²) in [4.78, 5) is -0.0657. The van der Waals surface area contributed by atoms with Crippen molar-refractivity contribution in [1.82, 2.24) is 4.57 Å². The van der Waals surface area contributed by atoms with Gasteiger partial charge in [0, 0.05) is 24.0 Å². The van der Waals surface area contributed by atoms with Crippen LogP contribution < -0.4 is 4.31 Å². The number of fused-ring (bicyclic) bond motifs is 3. The Labute approximate surface area is 155 Å². The molecule has 2 heterocycles. The molecule has 27 heavy (non-hydrogen) atoms. The average Bonchev–Trinajstić information content (AvgIpc) is 3.08. The second kappa shape index (κ2) is 5.56. The Bertz CT molecular complexity index is 1150. The molecule has 1 N–H and O–H groups in total. The van der Waals surface area contributed by atoms with Crippen LogP contribution in [0.15, 0.2) is 59.6 Å². The highest BCUT2D eigenvalue weighted by Crippen LogP contribution is 2.46. The third kappa shape index (κ3) is 2.43. The second-order valence-corrected chi connectivity index (χ2v) is 8.63. The van der Waals surface area contributed by atoms with Crippen molar-refractivity contribution in [3.05, 3.63) is 72.1 Å². The van der Waals surface area contributed by atoms with Gasteiger partial charge in [0.05, 0.1) is 21.8 Å². The summed E-state index contributed by atoms with van der Waals surface area (Å²) in [5.74, 6) is -2.27. The summed E-state index contributed by atoms with van der Waals surface area (Å²) in [6.07, 6.45) is 1.68. The lowest BCUT2D eigenvalue weighted by molar-refractivity contribution is 0.473. The second-order valence-electron chi connectivity index (χ2n) is 6.84. The zero-order valence-electron chi connectivity index (χ0n) is 14.5. The van der Waals surface area contributed by atoms with Crippen molar-refractivity contribution >= 4 is 15.7 Å². The van der Waals surface area contributed by atoms with Gasteiger partial charge in [-0.15, -0.1) is 0 Å². The van der Waals surface area contributed by atoms with E-state index >= 15 is 0 Å². The van der Waals surface area contributed by atoms with Crippen molar-refractivity contribution in [3.8, 4) is 11.4 Å². The van der Waals surface area contributed by atoms with E-state index in [9.17, 15) is 22.3 Å². The topological polar surface area (TPSA) is 62.5 Å². The molecule has 140 valence electrons. The van der Waals surface area contributed by atoms with Gasteiger partial charge in [-0.1, -0.05) is 0 Å². The minimum atomic E-state index is -4.13. The van der Waals surface area contributed by atoms with E-state index in [1.165, 1.54) is 24.3 Å². The van der Waals surface area contributed by atoms with Crippen LogP contribution in [0, 0.1) is 11.6 Å². The number of benzene rings is 2. The Morgan fingerprint density at radius 1 is 0.963 bits per heavy atom. The maximum Gasteiger partial charge on any atom is 0.265 e. The van der Waals surface area contributed by atoms with Crippen molar-refractivity contribution < 1.29 is 22.3 Å². The predicted molar refractivity (Wildman–Crippen MR) is 96.5 cm³/mol. The quantitative estimate of drug-likeness (QED) is 0.722. The van der Waals surface area contributed by atoms with E-state index in [0.29, 0.717) is 5.69 Å². The number of rotatable bonds is 2. The number of hydrogen-bond donors (Lipinski definition) is 1. The zero-order chi connectivity index (χ0) is 19.6. The highest BCUT2D eigenvalue weighted by molar-refractivity contribution is 7.92. The van der Waals surface area contributed by atoms with Crippen molar-refractivity contribution in [2.24, 2.45) is 0 Å². The van der Waals surface area contributed by atoms with Crippen LogP contribution in [0.25, 0.3) is 5.69 Å². The molecule has 0 spiro atoms. The zero-order valence-corrected chi connectivity index (χ0v) is 15.3. The largest absolute Gasteiger partial charge is 0.508 e. The molecule has 3 aromatic rings. The number of aromatic nitrogens is 1. The molecule has 4 rings (SSSR count). The molecule has 1 aromatic heterocycles. The van der Waals surface area contributed by atoms with Crippen LogP contribution in [0.4, 0.5) is 14.5 Å². The lowest BCUT2D eigenvalue weighted by Crippen LogP contribution is -2.49. The maximum absolute atomic E-state index is 14.0. The van der Waals surface area contributed by atoms with E-state index in [4.69, 9.17) is 0 Å². The minimum Gasteiger partial charge on any atom is -0.508 e. The Morgan fingerprint density at radius 3 is 2.19 bits per heavy atom. The molecular weight excluding hydrogens is 374 g/mol. The number of phenols is 1. The summed E-state index contributed by atoms with van der Waals surface area (Å²) in [5, 5.41) is 9.46. The summed E-state index contributed by atoms with van der Waals surface area (Å²) < 4.78 is 57.5. The molecular formula is C19H16F2N2O3S. The van der Waals surface area contributed by atoms with E-state index in [-0.39, 0.29) is 22.0 Å². The summed E-state index contributed by atoms with van der Waals surface area (Å²) >= 11 is 0. The van der Waals surface area contributed by atoms with E-state index in [1.54, 1.807) is 36.7 Å². The highest BCUT2D eigenvalue weighted by atomic mass is 32.2. The molecule has 0 amide bonds. The fourth-order valence-corrected chi connectivity index (χ4v) is 5.32. The lowest BCUT2D eigenvalue weighted by Gasteiger charge is -2.44. The van der Waals surface area contributed by atoms with Crippen LogP contribution in [0.1, 0.15) is 19.5 Å². The van der Waals surface area contributed by atoms with Crippen molar-refractivity contribution in [2.45, 2.75) is 24.3 Å². The summed E-state index contributed by atoms with van der Waals surface area (Å²) in [7, 11) is -4.13. The van der Waals surface area contributed by atoms with Gasteiger partial charge in [-0.2, -0.15) is 0 Å². The first-order valence-electron chi connectivity index (χ1n) is 8.16. The smallest absolute Gasteiger partial charge is 0.265 e. The van der Waals surface area contributed by atoms with Gasteiger partial charge in [-0.25, -0.2) is 17.2 Å². The highest BCUT2D eigenvalue weighted by Gasteiger charge is 2.45. The van der Waals surface area contributed by atoms with Crippen LogP contribution in [0.5, 0.6) is 5.75 Å². The summed E-state index contributed by atoms with van der Waals surface area (Å²) in [5.41, 5.74) is -0.188. The van der Waals surface area contributed by atoms with Gasteiger partial charge < -0.3 is 9.67 Å². The number of nitrogens with zero attached hydrogens (tertiary/aromatic N) is 2. The summed E-state index contributed by atoms with van der Waals surface area (Å²) in [6, 6.07) is 10.4. The standard InChI is InChI=1S/C19H16F2N2O3S/c1-19(2)18-4-3-9-22(18)16-10-14(20)15(21)11-17(16)23(19)27(25,26)13-7-5-12(24)6-8-13/h3-11,24H,1-2H3. The average molecular weight is 390 g/mol. The minimum absolute atomic E-state index is 0.0377. The number of sulfonamides is 1. The molecule has 2 aromatic carbocycles. The molecule has 0 saturated carbocycles. The Hall–Kier alpha value is -2.87. The Morgan fingerprint density at radius 2 is 1.56 bits per heavy atom. The third-order valence-electron chi connectivity index (χ3n) is 4.75. The maximum atomic E-state index is 14.0. The number of hydrogen-bond acceptors (Lipinski definition) is 3. The van der Waals surface area contributed by atoms with Gasteiger partial charge in [-0.3, -0.25) is 4.31 Å². The summed E-state index contributed by atoms with van der Waals surface area (Å²) in [6.45, 7) is 3.39. The monoisotopic (exact) mass is 390 g/mol. The van der Waals surface area contributed by atoms with E-state index in [0.717, 1.165) is 16.4 Å². The Kier molecular flexibility index (Phi) is 3.61. The fraction of sp³-hybridized carbons (Fsp3) is 0.158. The first-order valence-corrected chi connectivity index (χ1v) is 9.60. The first kappa shape index (κ1) is 17.5. The van der Waals surface area contributed by atoms with Gasteiger partial charge in [-0.05, 0) is 50.2 Å². The molecule has 1 aliphatic heterocycles. The van der Waals surface area contributed by atoms with Crippen molar-refractivity contribution in [3.63, 3.8) is 0 Å². The van der Waals surface area contributed by atoms with Gasteiger partial charge in [0.15, 0.2) is 11.6 Å². The molecule has 0 radical (unpaired) electrons. The van der Waals surface area contributed by atoms with Crippen LogP contribution in [-0.4, -0.2) is 18.1 Å². The van der Waals surface area contributed by atoms with Crippen LogP contribution in [0.2, 0.25) is 0 Å². The number of anilines is 1. The van der Waals surface area contributed by atoms with Gasteiger partial charge >= 0.3 is 0 Å². The molecule has 0 fully saturated rings. The van der Waals surface area contributed by atoms with Crippen LogP contribution in [-0.2, 0) is 15.6 Å². The number of aromatic hydroxyl groups is 1. The van der Waals surface area contributed by atoms with Gasteiger partial charge in [0.2, 0.25) is 0 Å². The van der Waals surface area contributed by atoms with E-state index in [1.807, 2.05) is 0 Å². The van der Waals surface area contributed by atoms with E-state index < -0.39 is 27.2 Å². The number of halogens is 2. The first-order chi connectivity index (χ1) is 12.6. The molecule has 0 unspecified atom stereocenters. The SMILES string of the molecule is CC1(C)c2cccn2-c2cc(F)c(F)cc2N1S(=O)(=O)c1ccc(O)cc1. The van der Waals surface area contributed by atoms with Crippen LogP contribution >= 0.6 is 0 Å². The van der Waals surface area contributed by atoms with Gasteiger partial charge in [0.25, 0.3) is 10.0 Å². The predicted octanol–water partition coefficient (Wildman–Crippen LogP) is 3.91. The molecule has 0 bridgehead atoms. The van der Waals surface area contributed by atoms with Crippen molar-refractivity contribution in [2.75, 3.05) is 4.31 Å². The van der Waals surface area contributed by atoms with Crippen molar-refractivity contribution in [1.29, 1.82) is 0 Å². The molecule has 1 aliphatic rings. The Balaban J connectivity index is 2.03. The molecule has 0 aliphatic carbocycles.